The van der Waals surface area contributed by atoms with Gasteiger partial charge in [0.1, 0.15) is 17.4 Å². The smallest absolute Gasteiger partial charge is 0.223 e. The number of aromatic nitrogens is 2. The number of hydrogen-bond donors (Lipinski definition) is 0. The zero-order chi connectivity index (χ0) is 19.4. The molecule has 0 saturated heterocycles. The Hall–Kier alpha value is -2.18. The highest BCUT2D eigenvalue weighted by molar-refractivity contribution is 7.98. The summed E-state index contributed by atoms with van der Waals surface area (Å²) in [6.07, 6.45) is 0.709. The van der Waals surface area contributed by atoms with E-state index in [1.807, 2.05) is 19.9 Å². The van der Waals surface area contributed by atoms with Crippen LogP contribution in [0.25, 0.3) is 0 Å². The third-order valence-corrected chi connectivity index (χ3v) is 5.08. The molecule has 1 heterocycles. The fraction of sp³-hybridized carbons (Fsp3) is 0.200. The minimum atomic E-state index is -0.601. The predicted molar refractivity (Wildman–Crippen MR) is 104 cm³/mol. The van der Waals surface area contributed by atoms with Crippen molar-refractivity contribution in [2.75, 3.05) is 0 Å². The fourth-order valence-corrected chi connectivity index (χ4v) is 3.31. The van der Waals surface area contributed by atoms with Crippen molar-refractivity contribution >= 4 is 23.4 Å². The molecule has 0 aliphatic rings. The minimum absolute atomic E-state index is 0.349. The van der Waals surface area contributed by atoms with E-state index < -0.39 is 11.6 Å². The highest BCUT2D eigenvalue weighted by atomic mass is 35.5. The molecule has 0 unspecified atom stereocenters. The van der Waals surface area contributed by atoms with Crippen LogP contribution in [-0.2, 0) is 12.2 Å². The van der Waals surface area contributed by atoms with Crippen molar-refractivity contribution in [3.8, 4) is 11.6 Å². The van der Waals surface area contributed by atoms with Gasteiger partial charge in [-0.15, -0.1) is 0 Å². The zero-order valence-electron chi connectivity index (χ0n) is 14.8. The molecule has 3 nitrogen and oxygen atoms in total. The van der Waals surface area contributed by atoms with E-state index in [9.17, 15) is 8.78 Å². The molecule has 1 aromatic heterocycles. The highest BCUT2D eigenvalue weighted by Crippen LogP contribution is 2.28. The Balaban J connectivity index is 1.79. The molecule has 0 fully saturated rings. The standard InChI is InChI=1S/C20H17ClF2N2OS/c1-3-16-10-19(26-17-4-5-18(21)12(2)6-17)25-20(24-16)27-11-13-7-14(22)9-15(23)8-13/h4-10H,3,11H2,1-2H3. The Bertz CT molecular complexity index is 948. The molecule has 3 aromatic rings. The van der Waals surface area contributed by atoms with Gasteiger partial charge in [0, 0.05) is 28.6 Å². The van der Waals surface area contributed by atoms with Crippen LogP contribution in [0.3, 0.4) is 0 Å². The van der Waals surface area contributed by atoms with E-state index in [0.29, 0.717) is 39.5 Å². The molecule has 3 rings (SSSR count). The molecule has 0 bridgehead atoms. The van der Waals surface area contributed by atoms with Crippen LogP contribution in [0.5, 0.6) is 11.6 Å². The number of benzene rings is 2. The van der Waals surface area contributed by atoms with Gasteiger partial charge in [0.15, 0.2) is 5.16 Å². The first-order chi connectivity index (χ1) is 12.9. The normalized spacial score (nSPS) is 10.9. The van der Waals surface area contributed by atoms with Crippen LogP contribution >= 0.6 is 23.4 Å². The van der Waals surface area contributed by atoms with E-state index in [1.165, 1.54) is 23.9 Å². The van der Waals surface area contributed by atoms with Crippen LogP contribution in [-0.4, -0.2) is 9.97 Å². The highest BCUT2D eigenvalue weighted by Gasteiger charge is 2.09. The van der Waals surface area contributed by atoms with Crippen LogP contribution in [0.2, 0.25) is 5.02 Å². The van der Waals surface area contributed by atoms with E-state index >= 15 is 0 Å². The molecule has 0 radical (unpaired) electrons. The Labute approximate surface area is 165 Å². The van der Waals surface area contributed by atoms with Crippen LogP contribution in [0.1, 0.15) is 23.7 Å². The van der Waals surface area contributed by atoms with E-state index in [-0.39, 0.29) is 0 Å². The van der Waals surface area contributed by atoms with E-state index in [0.717, 1.165) is 17.3 Å². The van der Waals surface area contributed by atoms with Crippen LogP contribution < -0.4 is 4.74 Å². The van der Waals surface area contributed by atoms with Crippen molar-refractivity contribution in [1.29, 1.82) is 0 Å². The van der Waals surface area contributed by atoms with Crippen molar-refractivity contribution < 1.29 is 13.5 Å². The van der Waals surface area contributed by atoms with Crippen LogP contribution in [0.4, 0.5) is 8.78 Å². The monoisotopic (exact) mass is 406 g/mol. The lowest BCUT2D eigenvalue weighted by Crippen LogP contribution is -1.98. The zero-order valence-corrected chi connectivity index (χ0v) is 16.4. The lowest BCUT2D eigenvalue weighted by molar-refractivity contribution is 0.453. The lowest BCUT2D eigenvalue weighted by atomic mass is 10.2. The SMILES string of the molecule is CCc1cc(Oc2ccc(Cl)c(C)c2)nc(SCc2cc(F)cc(F)c2)n1. The molecule has 0 amide bonds. The van der Waals surface area contributed by atoms with Crippen LogP contribution in [0, 0.1) is 18.6 Å². The number of thioether (sulfide) groups is 1. The molecule has 0 spiro atoms. The van der Waals surface area contributed by atoms with Crippen molar-refractivity contribution in [3.63, 3.8) is 0 Å². The molecule has 0 N–H and O–H groups in total. The number of aryl methyl sites for hydroxylation is 2. The maximum Gasteiger partial charge on any atom is 0.223 e. The van der Waals surface area contributed by atoms with Gasteiger partial charge in [0.25, 0.3) is 0 Å². The van der Waals surface area contributed by atoms with Crippen molar-refractivity contribution in [2.45, 2.75) is 31.2 Å². The quantitative estimate of drug-likeness (QED) is 0.352. The predicted octanol–water partition coefficient (Wildman–Crippen LogP) is 6.36. The number of halogens is 3. The first-order valence-corrected chi connectivity index (χ1v) is 9.69. The van der Waals surface area contributed by atoms with E-state index in [2.05, 4.69) is 9.97 Å². The summed E-state index contributed by atoms with van der Waals surface area (Å²) in [4.78, 5) is 8.85. The Kier molecular flexibility index (Phi) is 6.29. The van der Waals surface area contributed by atoms with Gasteiger partial charge < -0.3 is 4.74 Å². The number of ether oxygens (including phenoxy) is 1. The summed E-state index contributed by atoms with van der Waals surface area (Å²) in [6.45, 7) is 3.88. The third kappa shape index (κ3) is 5.40. The van der Waals surface area contributed by atoms with E-state index in [1.54, 1.807) is 18.2 Å². The molecule has 0 aliphatic heterocycles. The molecule has 140 valence electrons. The Morgan fingerprint density at radius 1 is 1.04 bits per heavy atom. The molecule has 0 aliphatic carbocycles. The molecule has 2 aromatic carbocycles. The number of hydrogen-bond acceptors (Lipinski definition) is 4. The molecule has 27 heavy (non-hydrogen) atoms. The van der Waals surface area contributed by atoms with Gasteiger partial charge >= 0.3 is 0 Å². The van der Waals surface area contributed by atoms with Gasteiger partial charge in [-0.1, -0.05) is 30.3 Å². The van der Waals surface area contributed by atoms with Crippen molar-refractivity contribution in [1.82, 2.24) is 9.97 Å². The second kappa shape index (κ2) is 8.67. The molecular weight excluding hydrogens is 390 g/mol. The summed E-state index contributed by atoms with van der Waals surface area (Å²) in [5, 5.41) is 1.15. The maximum atomic E-state index is 13.3. The maximum absolute atomic E-state index is 13.3. The first-order valence-electron chi connectivity index (χ1n) is 8.32. The topological polar surface area (TPSA) is 35.0 Å². The van der Waals surface area contributed by atoms with Crippen molar-refractivity contribution in [3.05, 3.63) is 75.9 Å². The molecule has 0 atom stereocenters. The van der Waals surface area contributed by atoms with Gasteiger partial charge in [0.05, 0.1) is 0 Å². The lowest BCUT2D eigenvalue weighted by Gasteiger charge is -2.09. The minimum Gasteiger partial charge on any atom is -0.439 e. The van der Waals surface area contributed by atoms with Gasteiger partial charge in [-0.2, -0.15) is 4.98 Å². The molecule has 0 saturated carbocycles. The van der Waals surface area contributed by atoms with Gasteiger partial charge in [-0.3, -0.25) is 0 Å². The number of rotatable bonds is 6. The van der Waals surface area contributed by atoms with Gasteiger partial charge in [-0.05, 0) is 54.8 Å². The molecule has 7 heteroatoms. The summed E-state index contributed by atoms with van der Waals surface area (Å²) in [5.74, 6) is 0.186. The largest absolute Gasteiger partial charge is 0.439 e. The van der Waals surface area contributed by atoms with Crippen LogP contribution in [0.15, 0.2) is 47.6 Å². The third-order valence-electron chi connectivity index (χ3n) is 3.74. The average molecular weight is 407 g/mol. The summed E-state index contributed by atoms with van der Waals surface area (Å²) >= 11 is 7.33. The van der Waals surface area contributed by atoms with Crippen molar-refractivity contribution in [2.24, 2.45) is 0 Å². The fourth-order valence-electron chi connectivity index (χ4n) is 2.39. The van der Waals surface area contributed by atoms with Gasteiger partial charge in [-0.25, -0.2) is 13.8 Å². The second-order valence-electron chi connectivity index (χ2n) is 5.91. The van der Waals surface area contributed by atoms with Gasteiger partial charge in [0.2, 0.25) is 5.88 Å². The second-order valence-corrected chi connectivity index (χ2v) is 7.26. The number of nitrogens with zero attached hydrogens (tertiary/aromatic N) is 2. The molecular formula is C20H17ClF2N2OS. The summed E-state index contributed by atoms with van der Waals surface area (Å²) < 4.78 is 32.5. The summed E-state index contributed by atoms with van der Waals surface area (Å²) in [6, 6.07) is 10.6. The first kappa shape index (κ1) is 19.6. The summed E-state index contributed by atoms with van der Waals surface area (Å²) in [7, 11) is 0. The Morgan fingerprint density at radius 2 is 1.78 bits per heavy atom. The average Bonchev–Trinajstić information content (AvgIpc) is 2.62. The van der Waals surface area contributed by atoms with E-state index in [4.69, 9.17) is 16.3 Å². The summed E-state index contributed by atoms with van der Waals surface area (Å²) in [5.41, 5.74) is 2.25. The Morgan fingerprint density at radius 3 is 2.44 bits per heavy atom.